The van der Waals surface area contributed by atoms with Gasteiger partial charge < -0.3 is 4.74 Å². The normalized spacial score (nSPS) is 12.9. The zero-order chi connectivity index (χ0) is 20.7. The van der Waals surface area contributed by atoms with Crippen LogP contribution in [0.15, 0.2) is 53.7 Å². The highest BCUT2D eigenvalue weighted by molar-refractivity contribution is 7.99. The molecule has 0 spiro atoms. The lowest BCUT2D eigenvalue weighted by atomic mass is 9.95. The summed E-state index contributed by atoms with van der Waals surface area (Å²) in [6.45, 7) is 5.67. The summed E-state index contributed by atoms with van der Waals surface area (Å²) in [7, 11) is 1.34. The second kappa shape index (κ2) is 10.6. The van der Waals surface area contributed by atoms with Crippen molar-refractivity contribution in [2.24, 2.45) is 0 Å². The summed E-state index contributed by atoms with van der Waals surface area (Å²) < 4.78 is 18.5. The van der Waals surface area contributed by atoms with Crippen molar-refractivity contribution in [3.05, 3.63) is 75.8 Å². The Hall–Kier alpha value is -1.89. The number of hydrogen-bond donors (Lipinski definition) is 1. The number of methoxy groups -OCH3 is 1. The van der Waals surface area contributed by atoms with Crippen molar-refractivity contribution in [1.82, 2.24) is 10.3 Å². The first-order valence-electron chi connectivity index (χ1n) is 8.81. The van der Waals surface area contributed by atoms with Gasteiger partial charge in [0.25, 0.3) is 0 Å². The number of allylic oxidation sites excluding steroid dienone is 1. The summed E-state index contributed by atoms with van der Waals surface area (Å²) in [5.41, 5.74) is 2.84. The zero-order valence-electron chi connectivity index (χ0n) is 16.3. The van der Waals surface area contributed by atoms with Gasteiger partial charge in [0, 0.05) is 17.0 Å². The second-order valence-electron chi connectivity index (χ2n) is 6.45. The average molecular weight is 423 g/mol. The van der Waals surface area contributed by atoms with E-state index in [4.69, 9.17) is 16.3 Å². The number of ether oxygens (including phenoxy) is 1. The lowest BCUT2D eigenvalue weighted by Crippen LogP contribution is -2.33. The van der Waals surface area contributed by atoms with Crippen LogP contribution in [0.3, 0.4) is 0 Å². The van der Waals surface area contributed by atoms with Gasteiger partial charge in [-0.25, -0.2) is 9.18 Å². The summed E-state index contributed by atoms with van der Waals surface area (Å²) in [4.78, 5) is 16.8. The van der Waals surface area contributed by atoms with Crippen LogP contribution in [0.4, 0.5) is 4.39 Å². The Labute approximate surface area is 174 Å². The van der Waals surface area contributed by atoms with Crippen LogP contribution in [0.1, 0.15) is 38.1 Å². The Morgan fingerprint density at radius 3 is 2.64 bits per heavy atom. The number of benzene rings is 1. The highest BCUT2D eigenvalue weighted by Gasteiger charge is 2.28. The fourth-order valence-electron chi connectivity index (χ4n) is 2.76. The van der Waals surface area contributed by atoms with Gasteiger partial charge in [0.2, 0.25) is 0 Å². The molecule has 28 heavy (non-hydrogen) atoms. The minimum Gasteiger partial charge on any atom is -0.466 e. The van der Waals surface area contributed by atoms with E-state index in [0.29, 0.717) is 16.9 Å². The van der Waals surface area contributed by atoms with E-state index in [2.05, 4.69) is 10.3 Å². The van der Waals surface area contributed by atoms with Crippen molar-refractivity contribution in [2.75, 3.05) is 7.11 Å². The number of hydrogen-bond acceptors (Lipinski definition) is 5. The van der Waals surface area contributed by atoms with Crippen LogP contribution in [0.25, 0.3) is 0 Å². The van der Waals surface area contributed by atoms with Crippen LogP contribution in [0.5, 0.6) is 0 Å². The quantitative estimate of drug-likeness (QED) is 0.355. The highest BCUT2D eigenvalue weighted by Crippen LogP contribution is 2.33. The average Bonchev–Trinajstić information content (AvgIpc) is 2.66. The number of pyridine rings is 1. The van der Waals surface area contributed by atoms with Crippen LogP contribution >= 0.6 is 23.4 Å². The summed E-state index contributed by atoms with van der Waals surface area (Å²) in [5, 5.41) is 3.65. The summed E-state index contributed by atoms with van der Waals surface area (Å²) in [5.74, 6) is -0.164. The number of aromatic nitrogens is 1. The van der Waals surface area contributed by atoms with Crippen molar-refractivity contribution in [1.29, 1.82) is 0 Å². The molecule has 0 aliphatic rings. The molecule has 1 N–H and O–H groups in total. The van der Waals surface area contributed by atoms with Crippen molar-refractivity contribution in [2.45, 2.75) is 37.9 Å². The monoisotopic (exact) mass is 422 g/mol. The van der Waals surface area contributed by atoms with Crippen molar-refractivity contribution < 1.29 is 13.9 Å². The molecule has 0 saturated carbocycles. The van der Waals surface area contributed by atoms with Gasteiger partial charge in [0.1, 0.15) is 5.82 Å². The molecule has 1 aromatic carbocycles. The van der Waals surface area contributed by atoms with Crippen molar-refractivity contribution >= 4 is 29.3 Å². The fraction of sp³-hybridized carbons (Fsp3) is 0.333. The maximum absolute atomic E-state index is 13.5. The van der Waals surface area contributed by atoms with Gasteiger partial charge >= 0.3 is 5.97 Å². The molecular weight excluding hydrogens is 399 g/mol. The molecular formula is C21H24ClFN2O2S. The number of carbonyl (C=O) groups is 1. The number of thioether (sulfide) groups is 1. The molecule has 2 atom stereocenters. The Balaban J connectivity index is 2.29. The Bertz CT molecular complexity index is 842. The summed E-state index contributed by atoms with van der Waals surface area (Å²) in [6, 6.07) is 9.43. The third-order valence-corrected chi connectivity index (χ3v) is 5.54. The van der Waals surface area contributed by atoms with E-state index >= 15 is 0 Å². The lowest BCUT2D eigenvalue weighted by Gasteiger charge is -2.26. The Kier molecular flexibility index (Phi) is 8.48. The molecule has 0 saturated heterocycles. The molecule has 2 rings (SSSR count). The van der Waals surface area contributed by atoms with E-state index in [-0.39, 0.29) is 10.4 Å². The zero-order valence-corrected chi connectivity index (χ0v) is 17.9. The predicted molar refractivity (Wildman–Crippen MR) is 113 cm³/mol. The fourth-order valence-corrected chi connectivity index (χ4v) is 3.86. The first kappa shape index (κ1) is 22.4. The predicted octanol–water partition coefficient (Wildman–Crippen LogP) is 5.29. The molecule has 1 aromatic heterocycles. The highest BCUT2D eigenvalue weighted by atomic mass is 35.5. The number of esters is 1. The number of rotatable bonds is 8. The van der Waals surface area contributed by atoms with Gasteiger partial charge in [-0.2, -0.15) is 0 Å². The third kappa shape index (κ3) is 6.06. The van der Waals surface area contributed by atoms with E-state index in [9.17, 15) is 9.18 Å². The Morgan fingerprint density at radius 2 is 2.07 bits per heavy atom. The largest absolute Gasteiger partial charge is 0.466 e. The SMILES string of the molecule is COC(=O)C(=C(C)C)C(NC(C)SCc1ccccn1)c1ccc(F)cc1Cl. The van der Waals surface area contributed by atoms with Crippen LogP contribution in [-0.2, 0) is 15.3 Å². The second-order valence-corrected chi connectivity index (χ2v) is 8.18. The molecule has 4 nitrogen and oxygen atoms in total. The number of halogens is 2. The molecule has 0 aliphatic carbocycles. The molecule has 0 aliphatic heterocycles. The van der Waals surface area contributed by atoms with E-state index in [1.165, 1.54) is 19.2 Å². The first-order chi connectivity index (χ1) is 13.3. The first-order valence-corrected chi connectivity index (χ1v) is 10.2. The van der Waals surface area contributed by atoms with E-state index in [0.717, 1.165) is 11.3 Å². The van der Waals surface area contributed by atoms with Gasteiger partial charge in [0.15, 0.2) is 0 Å². The lowest BCUT2D eigenvalue weighted by molar-refractivity contribution is -0.136. The molecule has 0 radical (unpaired) electrons. The van der Waals surface area contributed by atoms with Crippen LogP contribution in [-0.4, -0.2) is 23.4 Å². The van der Waals surface area contributed by atoms with Crippen molar-refractivity contribution in [3.63, 3.8) is 0 Å². The minimum absolute atomic E-state index is 0.0351. The van der Waals surface area contributed by atoms with Gasteiger partial charge in [0.05, 0.1) is 29.8 Å². The third-order valence-electron chi connectivity index (χ3n) is 4.11. The number of nitrogens with zero attached hydrogens (tertiary/aromatic N) is 1. The van der Waals surface area contributed by atoms with E-state index in [1.54, 1.807) is 24.0 Å². The standard InChI is InChI=1S/C21H24ClFN2O2S/c1-13(2)19(21(26)27-4)20(17-9-8-15(23)11-18(17)22)25-14(3)28-12-16-7-5-6-10-24-16/h5-11,14,20,25H,12H2,1-4H3. The molecule has 7 heteroatoms. The number of carbonyl (C=O) groups excluding carboxylic acids is 1. The molecule has 2 unspecified atom stereocenters. The Morgan fingerprint density at radius 1 is 1.32 bits per heavy atom. The number of nitrogens with one attached hydrogen (secondary N) is 1. The topological polar surface area (TPSA) is 51.2 Å². The summed E-state index contributed by atoms with van der Waals surface area (Å²) in [6.07, 6.45) is 1.76. The van der Waals surface area contributed by atoms with Crippen LogP contribution in [0, 0.1) is 5.82 Å². The maximum Gasteiger partial charge on any atom is 0.335 e. The van der Waals surface area contributed by atoms with Gasteiger partial charge in [-0.1, -0.05) is 29.3 Å². The molecule has 1 heterocycles. The smallest absolute Gasteiger partial charge is 0.335 e. The van der Waals surface area contributed by atoms with Crippen LogP contribution in [0.2, 0.25) is 5.02 Å². The van der Waals surface area contributed by atoms with Gasteiger partial charge in [-0.15, -0.1) is 11.8 Å². The summed E-state index contributed by atoms with van der Waals surface area (Å²) >= 11 is 7.95. The molecule has 2 aromatic rings. The van der Waals surface area contributed by atoms with Crippen molar-refractivity contribution in [3.8, 4) is 0 Å². The van der Waals surface area contributed by atoms with E-state index < -0.39 is 17.8 Å². The molecule has 0 amide bonds. The molecule has 0 fully saturated rings. The van der Waals surface area contributed by atoms with Crippen LogP contribution < -0.4 is 5.32 Å². The van der Waals surface area contributed by atoms with Gasteiger partial charge in [-0.3, -0.25) is 10.3 Å². The minimum atomic E-state index is -0.531. The molecule has 150 valence electrons. The van der Waals surface area contributed by atoms with Gasteiger partial charge in [-0.05, 0) is 50.6 Å². The molecule has 0 bridgehead atoms. The van der Waals surface area contributed by atoms with E-state index in [1.807, 2.05) is 39.0 Å². The maximum atomic E-state index is 13.5.